The molecular weight excluding hydrogens is 544 g/mol. The van der Waals surface area contributed by atoms with Crippen molar-refractivity contribution >= 4 is 29.4 Å². The summed E-state index contributed by atoms with van der Waals surface area (Å²) >= 11 is 6.26. The van der Waals surface area contributed by atoms with Gasteiger partial charge in [0.25, 0.3) is 5.91 Å². The first kappa shape index (κ1) is 31.8. The number of halogens is 1. The molecule has 0 saturated carbocycles. The maximum absolute atomic E-state index is 13.4. The summed E-state index contributed by atoms with van der Waals surface area (Å²) in [6.45, 7) is 6.12. The van der Waals surface area contributed by atoms with Gasteiger partial charge in [0.2, 0.25) is 5.91 Å². The van der Waals surface area contributed by atoms with Crippen molar-refractivity contribution < 1.29 is 24.2 Å². The minimum absolute atomic E-state index is 0.197. The summed E-state index contributed by atoms with van der Waals surface area (Å²) in [4.78, 5) is 43.5. The number of hydrogen-bond donors (Lipinski definition) is 3. The van der Waals surface area contributed by atoms with Crippen LogP contribution in [-0.4, -0.2) is 45.6 Å². The number of unbranched alkanes of at least 4 members (excludes halogenated alkanes) is 1. The first-order valence-electron chi connectivity index (χ1n) is 13.9. The number of hydrogen-bond acceptors (Lipinski definition) is 6. The standard InChI is InChI=1S/C31H39ClN4O5/c1-5-7-13-25-33-28(32)24(19-37)36(25)18-21-14-16-23(17-15-21)29(38)34-26(20(3)6-2)30(39)35-27(31(40)41-4)22-11-9-8-10-12-22/h8-12,14-17,20,26-27,37H,5-7,13,18-19H2,1-4H3,(H,34,38)(H,35,39)/t20-,26-,27-/m0/s1. The molecule has 0 bridgehead atoms. The number of carbonyl (C=O) groups is 3. The van der Waals surface area contributed by atoms with Crippen LogP contribution in [0.15, 0.2) is 54.6 Å². The first-order valence-corrected chi connectivity index (χ1v) is 14.3. The molecule has 0 spiro atoms. The number of aliphatic hydroxyl groups excluding tert-OH is 1. The molecule has 10 heteroatoms. The number of carbonyl (C=O) groups excluding carboxylic acids is 3. The number of esters is 1. The smallest absolute Gasteiger partial charge is 0.333 e. The van der Waals surface area contributed by atoms with Crippen molar-refractivity contribution in [3.8, 4) is 0 Å². The lowest BCUT2D eigenvalue weighted by molar-refractivity contribution is -0.145. The highest BCUT2D eigenvalue weighted by Gasteiger charge is 2.31. The average Bonchev–Trinajstić information content (AvgIpc) is 3.30. The molecule has 3 atom stereocenters. The fourth-order valence-electron chi connectivity index (χ4n) is 4.51. The van der Waals surface area contributed by atoms with E-state index in [0.29, 0.717) is 34.9 Å². The summed E-state index contributed by atoms with van der Waals surface area (Å²) in [6.07, 6.45) is 3.34. The van der Waals surface area contributed by atoms with Crippen molar-refractivity contribution in [3.63, 3.8) is 0 Å². The number of aliphatic hydroxyl groups is 1. The number of nitrogens with zero attached hydrogens (tertiary/aromatic N) is 2. The van der Waals surface area contributed by atoms with Crippen molar-refractivity contribution in [3.05, 3.63) is 88.0 Å². The number of aromatic nitrogens is 2. The predicted octanol–water partition coefficient (Wildman–Crippen LogP) is 4.59. The molecule has 220 valence electrons. The molecule has 2 amide bonds. The minimum atomic E-state index is -1.00. The van der Waals surface area contributed by atoms with Gasteiger partial charge < -0.3 is 25.0 Å². The Labute approximate surface area is 246 Å². The summed E-state index contributed by atoms with van der Waals surface area (Å²) < 4.78 is 6.83. The molecule has 0 radical (unpaired) electrons. The number of nitrogens with one attached hydrogen (secondary N) is 2. The van der Waals surface area contributed by atoms with Gasteiger partial charge in [-0.15, -0.1) is 0 Å². The zero-order chi connectivity index (χ0) is 29.9. The van der Waals surface area contributed by atoms with Crippen LogP contribution in [0, 0.1) is 5.92 Å². The number of rotatable bonds is 14. The molecule has 0 fully saturated rings. The van der Waals surface area contributed by atoms with Gasteiger partial charge in [-0.1, -0.05) is 87.7 Å². The van der Waals surface area contributed by atoms with Crippen molar-refractivity contribution in [1.82, 2.24) is 20.2 Å². The molecular formula is C31H39ClN4O5. The van der Waals surface area contributed by atoms with Crippen LogP contribution in [0.1, 0.15) is 79.1 Å². The second kappa shape index (κ2) is 15.3. The van der Waals surface area contributed by atoms with E-state index in [1.807, 2.05) is 36.6 Å². The quantitative estimate of drug-likeness (QED) is 0.239. The van der Waals surface area contributed by atoms with E-state index in [-0.39, 0.29) is 12.5 Å². The highest BCUT2D eigenvalue weighted by Crippen LogP contribution is 2.21. The van der Waals surface area contributed by atoms with Gasteiger partial charge in [0.15, 0.2) is 11.2 Å². The van der Waals surface area contributed by atoms with Crippen molar-refractivity contribution in [2.45, 2.75) is 71.7 Å². The van der Waals surface area contributed by atoms with Crippen LogP contribution < -0.4 is 10.6 Å². The molecule has 3 aromatic rings. The predicted molar refractivity (Wildman–Crippen MR) is 157 cm³/mol. The first-order chi connectivity index (χ1) is 19.7. The molecule has 0 unspecified atom stereocenters. The molecule has 9 nitrogen and oxygen atoms in total. The van der Waals surface area contributed by atoms with Crippen LogP contribution in [0.5, 0.6) is 0 Å². The molecule has 3 N–H and O–H groups in total. The third-order valence-electron chi connectivity index (χ3n) is 7.20. The van der Waals surface area contributed by atoms with Gasteiger partial charge in [-0.2, -0.15) is 0 Å². The molecule has 0 saturated heterocycles. The zero-order valence-electron chi connectivity index (χ0n) is 24.0. The van der Waals surface area contributed by atoms with Crippen molar-refractivity contribution in [2.75, 3.05) is 7.11 Å². The largest absolute Gasteiger partial charge is 0.467 e. The molecule has 2 aromatic carbocycles. The number of imidazole rings is 1. The summed E-state index contributed by atoms with van der Waals surface area (Å²) in [7, 11) is 1.26. The van der Waals surface area contributed by atoms with Gasteiger partial charge in [0.05, 0.1) is 19.4 Å². The van der Waals surface area contributed by atoms with E-state index in [2.05, 4.69) is 22.5 Å². The van der Waals surface area contributed by atoms with Gasteiger partial charge in [0, 0.05) is 18.5 Å². The fraction of sp³-hybridized carbons (Fsp3) is 0.419. The van der Waals surface area contributed by atoms with E-state index in [1.165, 1.54) is 7.11 Å². The average molecular weight is 583 g/mol. The summed E-state index contributed by atoms with van der Waals surface area (Å²) in [5.74, 6) is -0.869. The lowest BCUT2D eigenvalue weighted by atomic mass is 9.96. The third-order valence-corrected chi connectivity index (χ3v) is 7.50. The Morgan fingerprint density at radius 1 is 1.05 bits per heavy atom. The van der Waals surface area contributed by atoms with E-state index < -0.39 is 29.9 Å². The van der Waals surface area contributed by atoms with Gasteiger partial charge >= 0.3 is 5.97 Å². The Hall–Kier alpha value is -3.69. The normalized spacial score (nSPS) is 13.2. The third kappa shape index (κ3) is 8.17. The van der Waals surface area contributed by atoms with Crippen LogP contribution in [0.25, 0.3) is 0 Å². The molecule has 0 aliphatic rings. The van der Waals surface area contributed by atoms with E-state index in [4.69, 9.17) is 16.3 Å². The van der Waals surface area contributed by atoms with Crippen LogP contribution in [0.2, 0.25) is 5.15 Å². The minimum Gasteiger partial charge on any atom is -0.467 e. The summed E-state index contributed by atoms with van der Waals surface area (Å²) in [5.41, 5.74) is 2.43. The monoisotopic (exact) mass is 582 g/mol. The van der Waals surface area contributed by atoms with Gasteiger partial charge in [-0.25, -0.2) is 9.78 Å². The van der Waals surface area contributed by atoms with Crippen LogP contribution in [-0.2, 0) is 33.9 Å². The molecule has 0 aliphatic heterocycles. The molecule has 1 aromatic heterocycles. The van der Waals surface area contributed by atoms with Crippen LogP contribution >= 0.6 is 11.6 Å². The Morgan fingerprint density at radius 2 is 1.73 bits per heavy atom. The van der Waals surface area contributed by atoms with E-state index in [9.17, 15) is 19.5 Å². The summed E-state index contributed by atoms with van der Waals surface area (Å²) in [5, 5.41) is 15.7. The van der Waals surface area contributed by atoms with Crippen LogP contribution in [0.3, 0.4) is 0 Å². The van der Waals surface area contributed by atoms with Crippen molar-refractivity contribution in [2.24, 2.45) is 5.92 Å². The van der Waals surface area contributed by atoms with Gasteiger partial charge in [-0.3, -0.25) is 9.59 Å². The van der Waals surface area contributed by atoms with Gasteiger partial charge in [-0.05, 0) is 35.6 Å². The lowest BCUT2D eigenvalue weighted by Crippen LogP contribution is -2.52. The molecule has 3 rings (SSSR count). The Kier molecular flexibility index (Phi) is 11.9. The Bertz CT molecular complexity index is 1310. The van der Waals surface area contributed by atoms with Crippen molar-refractivity contribution in [1.29, 1.82) is 0 Å². The summed E-state index contributed by atoms with van der Waals surface area (Å²) in [6, 6.07) is 14.0. The molecule has 1 heterocycles. The maximum Gasteiger partial charge on any atom is 0.333 e. The van der Waals surface area contributed by atoms with E-state index in [0.717, 1.165) is 30.7 Å². The van der Waals surface area contributed by atoms with Crippen LogP contribution in [0.4, 0.5) is 0 Å². The number of amides is 2. The number of benzene rings is 2. The zero-order valence-corrected chi connectivity index (χ0v) is 24.8. The number of methoxy groups -OCH3 is 1. The SMILES string of the molecule is CCCCc1nc(Cl)c(CO)n1Cc1ccc(C(=O)N[C@H](C(=O)N[C@H](C(=O)OC)c2ccccc2)[C@@H](C)CC)cc1. The number of ether oxygens (including phenoxy) is 1. The molecule has 0 aliphatic carbocycles. The second-order valence-electron chi connectivity index (χ2n) is 10.0. The molecule has 41 heavy (non-hydrogen) atoms. The lowest BCUT2D eigenvalue weighted by Gasteiger charge is -2.26. The highest BCUT2D eigenvalue weighted by molar-refractivity contribution is 6.30. The van der Waals surface area contributed by atoms with E-state index >= 15 is 0 Å². The topological polar surface area (TPSA) is 123 Å². The second-order valence-corrected chi connectivity index (χ2v) is 10.4. The van der Waals surface area contributed by atoms with E-state index in [1.54, 1.807) is 36.4 Å². The Balaban J connectivity index is 1.76. The number of aryl methyl sites for hydroxylation is 1. The Morgan fingerprint density at radius 3 is 2.32 bits per heavy atom. The maximum atomic E-state index is 13.4. The fourth-order valence-corrected chi connectivity index (χ4v) is 4.77. The van der Waals surface area contributed by atoms with Gasteiger partial charge in [0.1, 0.15) is 11.9 Å². The highest BCUT2D eigenvalue weighted by atomic mass is 35.5.